The molecule has 0 aliphatic carbocycles. The number of hydrogen-bond acceptors (Lipinski definition) is 3. The lowest BCUT2D eigenvalue weighted by atomic mass is 10.1. The molecule has 10 heavy (non-hydrogen) atoms. The van der Waals surface area contributed by atoms with Crippen molar-refractivity contribution in [3.8, 4) is 0 Å². The van der Waals surface area contributed by atoms with Crippen molar-refractivity contribution in [2.75, 3.05) is 7.05 Å². The topological polar surface area (TPSA) is 52.5 Å². The van der Waals surface area contributed by atoms with E-state index in [4.69, 9.17) is 10.2 Å². The average molecular weight is 147 g/mol. The normalized spacial score (nSPS) is 16.8. The van der Waals surface area contributed by atoms with Crippen LogP contribution in [-0.2, 0) is 0 Å². The van der Waals surface area contributed by atoms with Crippen molar-refractivity contribution >= 4 is 0 Å². The van der Waals surface area contributed by atoms with Crippen molar-refractivity contribution in [3.63, 3.8) is 0 Å². The molecule has 0 saturated carbocycles. The van der Waals surface area contributed by atoms with Gasteiger partial charge in [0.25, 0.3) is 0 Å². The maximum Gasteiger partial charge on any atom is 0.104 e. The predicted molar refractivity (Wildman–Crippen MR) is 40.6 cm³/mol. The van der Waals surface area contributed by atoms with Gasteiger partial charge in [-0.05, 0) is 33.2 Å². The van der Waals surface area contributed by atoms with Crippen LogP contribution in [0.1, 0.15) is 26.2 Å². The molecule has 0 heterocycles. The van der Waals surface area contributed by atoms with Crippen LogP contribution in [0.3, 0.4) is 0 Å². The summed E-state index contributed by atoms with van der Waals surface area (Å²) in [4.78, 5) is 0. The zero-order chi connectivity index (χ0) is 7.98. The van der Waals surface area contributed by atoms with Crippen LogP contribution in [0.4, 0.5) is 0 Å². The van der Waals surface area contributed by atoms with Gasteiger partial charge < -0.3 is 10.2 Å². The Morgan fingerprint density at radius 3 is 2.30 bits per heavy atom. The summed E-state index contributed by atoms with van der Waals surface area (Å²) < 4.78 is 0. The summed E-state index contributed by atoms with van der Waals surface area (Å²) in [7, 11) is 1.72. The molecule has 2 unspecified atom stereocenters. The van der Waals surface area contributed by atoms with Gasteiger partial charge in [0.2, 0.25) is 0 Å². The first-order valence-electron chi connectivity index (χ1n) is 3.70. The predicted octanol–water partition coefficient (Wildman–Crippen LogP) is 0.0753. The van der Waals surface area contributed by atoms with Crippen LogP contribution in [-0.4, -0.2) is 29.6 Å². The van der Waals surface area contributed by atoms with E-state index in [-0.39, 0.29) is 6.10 Å². The second-order valence-electron chi connectivity index (χ2n) is 2.58. The van der Waals surface area contributed by atoms with E-state index in [1.54, 1.807) is 14.0 Å². The van der Waals surface area contributed by atoms with Gasteiger partial charge in [-0.1, -0.05) is 0 Å². The Kier molecular flexibility index (Phi) is 5.58. The van der Waals surface area contributed by atoms with Gasteiger partial charge in [-0.3, -0.25) is 5.32 Å². The Morgan fingerprint density at radius 2 is 1.90 bits per heavy atom. The molecule has 0 aromatic carbocycles. The zero-order valence-electron chi connectivity index (χ0n) is 6.67. The van der Waals surface area contributed by atoms with Gasteiger partial charge in [-0.2, -0.15) is 0 Å². The minimum atomic E-state index is -0.418. The summed E-state index contributed by atoms with van der Waals surface area (Å²) in [6.45, 7) is 1.76. The molecule has 0 saturated heterocycles. The van der Waals surface area contributed by atoms with Crippen molar-refractivity contribution < 1.29 is 10.2 Å². The Balaban J connectivity index is 3.03. The molecule has 0 aromatic heterocycles. The maximum absolute atomic E-state index is 8.98. The Hall–Kier alpha value is -0.120. The highest BCUT2D eigenvalue weighted by Crippen LogP contribution is 2.01. The van der Waals surface area contributed by atoms with Crippen molar-refractivity contribution in [1.82, 2.24) is 5.32 Å². The second kappa shape index (κ2) is 5.65. The SMILES string of the molecule is CNC(O)CCCC(C)O. The van der Waals surface area contributed by atoms with Crippen LogP contribution in [0, 0.1) is 0 Å². The van der Waals surface area contributed by atoms with Crippen LogP contribution in [0.15, 0.2) is 0 Å². The molecule has 0 radical (unpaired) electrons. The molecule has 0 bridgehead atoms. The third-order valence-corrected chi connectivity index (χ3v) is 1.43. The van der Waals surface area contributed by atoms with Crippen molar-refractivity contribution in [3.05, 3.63) is 0 Å². The minimum absolute atomic E-state index is 0.246. The lowest BCUT2D eigenvalue weighted by Crippen LogP contribution is -2.24. The van der Waals surface area contributed by atoms with Gasteiger partial charge in [0.05, 0.1) is 6.10 Å². The van der Waals surface area contributed by atoms with Crippen LogP contribution >= 0.6 is 0 Å². The molecule has 0 amide bonds. The summed E-state index contributed by atoms with van der Waals surface area (Å²) in [5, 5.41) is 20.5. The minimum Gasteiger partial charge on any atom is -0.393 e. The van der Waals surface area contributed by atoms with E-state index in [1.807, 2.05) is 0 Å². The molecule has 62 valence electrons. The summed E-state index contributed by atoms with van der Waals surface area (Å²) in [5.74, 6) is 0. The zero-order valence-corrected chi connectivity index (χ0v) is 6.67. The smallest absolute Gasteiger partial charge is 0.104 e. The molecule has 3 N–H and O–H groups in total. The van der Waals surface area contributed by atoms with Crippen LogP contribution in [0.2, 0.25) is 0 Å². The van der Waals surface area contributed by atoms with E-state index >= 15 is 0 Å². The van der Waals surface area contributed by atoms with E-state index in [9.17, 15) is 0 Å². The maximum atomic E-state index is 8.98. The Labute approximate surface area is 62.1 Å². The van der Waals surface area contributed by atoms with Gasteiger partial charge >= 0.3 is 0 Å². The lowest BCUT2D eigenvalue weighted by Gasteiger charge is -2.08. The molecule has 3 nitrogen and oxygen atoms in total. The molecule has 0 aliphatic heterocycles. The number of nitrogens with one attached hydrogen (secondary N) is 1. The van der Waals surface area contributed by atoms with Crippen molar-refractivity contribution in [2.45, 2.75) is 38.5 Å². The summed E-state index contributed by atoms with van der Waals surface area (Å²) >= 11 is 0. The highest BCUT2D eigenvalue weighted by Gasteiger charge is 2.00. The van der Waals surface area contributed by atoms with Crippen LogP contribution in [0.5, 0.6) is 0 Å². The first kappa shape index (κ1) is 9.88. The number of hydrogen-bond donors (Lipinski definition) is 3. The van der Waals surface area contributed by atoms with E-state index in [2.05, 4.69) is 5.32 Å². The van der Waals surface area contributed by atoms with Gasteiger partial charge in [-0.25, -0.2) is 0 Å². The van der Waals surface area contributed by atoms with E-state index in [1.165, 1.54) is 0 Å². The number of rotatable bonds is 5. The number of aliphatic hydroxyl groups excluding tert-OH is 2. The molecule has 0 aromatic rings. The Bertz CT molecular complexity index is 76.0. The van der Waals surface area contributed by atoms with Gasteiger partial charge in [-0.15, -0.1) is 0 Å². The standard InChI is InChI=1S/C7H17NO2/c1-6(9)4-3-5-7(10)8-2/h6-10H,3-5H2,1-2H3. The highest BCUT2D eigenvalue weighted by atomic mass is 16.3. The molecule has 2 atom stereocenters. The summed E-state index contributed by atoms with van der Waals surface area (Å²) in [5.41, 5.74) is 0. The molecule has 0 aliphatic rings. The van der Waals surface area contributed by atoms with Gasteiger partial charge in [0.1, 0.15) is 6.23 Å². The van der Waals surface area contributed by atoms with E-state index < -0.39 is 6.23 Å². The Morgan fingerprint density at radius 1 is 1.30 bits per heavy atom. The van der Waals surface area contributed by atoms with Crippen molar-refractivity contribution in [1.29, 1.82) is 0 Å². The van der Waals surface area contributed by atoms with Crippen molar-refractivity contribution in [2.24, 2.45) is 0 Å². The third-order valence-electron chi connectivity index (χ3n) is 1.43. The fraction of sp³-hybridized carbons (Fsp3) is 1.00. The molecular formula is C7H17NO2. The third kappa shape index (κ3) is 6.01. The average Bonchev–Trinajstić information content (AvgIpc) is 1.87. The molecule has 0 spiro atoms. The largest absolute Gasteiger partial charge is 0.393 e. The van der Waals surface area contributed by atoms with Crippen LogP contribution in [0.25, 0.3) is 0 Å². The van der Waals surface area contributed by atoms with Gasteiger partial charge in [0, 0.05) is 0 Å². The lowest BCUT2D eigenvalue weighted by molar-refractivity contribution is 0.122. The van der Waals surface area contributed by atoms with E-state index in [0.717, 1.165) is 12.8 Å². The summed E-state index contributed by atoms with van der Waals surface area (Å²) in [6.07, 6.45) is 1.67. The van der Waals surface area contributed by atoms with E-state index in [0.29, 0.717) is 6.42 Å². The second-order valence-corrected chi connectivity index (χ2v) is 2.58. The summed E-state index contributed by atoms with van der Waals surface area (Å²) in [6, 6.07) is 0. The molecule has 0 fully saturated rings. The monoisotopic (exact) mass is 147 g/mol. The quantitative estimate of drug-likeness (QED) is 0.482. The van der Waals surface area contributed by atoms with Gasteiger partial charge in [0.15, 0.2) is 0 Å². The molecule has 3 heteroatoms. The highest BCUT2D eigenvalue weighted by molar-refractivity contribution is 4.52. The fourth-order valence-corrected chi connectivity index (χ4v) is 0.751. The molecular weight excluding hydrogens is 130 g/mol. The number of aliphatic hydroxyl groups is 2. The van der Waals surface area contributed by atoms with Crippen LogP contribution < -0.4 is 5.32 Å². The molecule has 0 rings (SSSR count). The fourth-order valence-electron chi connectivity index (χ4n) is 0.751. The first-order valence-corrected chi connectivity index (χ1v) is 3.70. The first-order chi connectivity index (χ1) is 4.66.